The third-order valence-corrected chi connectivity index (χ3v) is 11.2. The van der Waals surface area contributed by atoms with Crippen LogP contribution < -0.4 is 0 Å². The average Bonchev–Trinajstić information content (AvgIpc) is 3.13. The zero-order valence-corrected chi connectivity index (χ0v) is 35.7. The van der Waals surface area contributed by atoms with E-state index in [-0.39, 0.29) is 37.2 Å². The number of nitrogens with zero attached hydrogens (tertiary/aromatic N) is 1. The lowest BCUT2D eigenvalue weighted by Crippen LogP contribution is -2.61. The number of rotatable bonds is 20. The zero-order valence-electron chi connectivity index (χ0n) is 35.7. The van der Waals surface area contributed by atoms with Crippen molar-refractivity contribution in [1.29, 1.82) is 0 Å². The maximum absolute atomic E-state index is 13.9. The minimum absolute atomic E-state index is 0.186. The van der Waals surface area contributed by atoms with E-state index in [1.54, 1.807) is 44.4 Å². The van der Waals surface area contributed by atoms with Crippen LogP contribution in [0.15, 0.2) is 43.0 Å². The Hall–Kier alpha value is -2.42. The number of hydrogen-bond donors (Lipinski definition) is 1. The molecule has 0 spiro atoms. The number of aliphatic hydroxyl groups is 1. The second-order valence-corrected chi connectivity index (χ2v) is 16.7. The molecule has 0 amide bonds. The standard InChI is InChI=1S/C43H71NO11/c1-15-22-49-43(11,24-26(3)4)37(55-41-35(45)33(44(12)13)23-28(6)51-41)29(7)36(30(8)39(46)50-27(5)16-2)53-34-25-42(10,48-14)38(31(9)52-34)54-40(47)32-20-18-17-19-21-32/h15,17-21,26-31,33-38,41,45H,1,16,22-25H2,2-14H3/t27?,28-,29+,30-,31+,33+,34+,35-,36+,37-,38+,41+,42-,43+/m1/s1. The van der Waals surface area contributed by atoms with Crippen LogP contribution in [0.3, 0.4) is 0 Å². The van der Waals surface area contributed by atoms with Crippen LogP contribution in [0.25, 0.3) is 0 Å². The van der Waals surface area contributed by atoms with Crippen molar-refractivity contribution in [2.45, 2.75) is 167 Å². The maximum atomic E-state index is 13.9. The molecule has 2 saturated heterocycles. The van der Waals surface area contributed by atoms with Crippen molar-refractivity contribution in [3.8, 4) is 0 Å². The van der Waals surface area contributed by atoms with Crippen molar-refractivity contribution < 1.29 is 52.6 Å². The fourth-order valence-corrected chi connectivity index (χ4v) is 8.07. The summed E-state index contributed by atoms with van der Waals surface area (Å²) in [4.78, 5) is 29.1. The molecule has 1 N–H and O–H groups in total. The highest BCUT2D eigenvalue weighted by Gasteiger charge is 2.53. The van der Waals surface area contributed by atoms with Gasteiger partial charge in [-0.2, -0.15) is 0 Å². The summed E-state index contributed by atoms with van der Waals surface area (Å²) in [5.74, 6) is -2.07. The molecular formula is C43H71NO11. The molecule has 3 rings (SSSR count). The van der Waals surface area contributed by atoms with Gasteiger partial charge in [0.1, 0.15) is 11.7 Å². The molecule has 0 aromatic heterocycles. The van der Waals surface area contributed by atoms with Gasteiger partial charge >= 0.3 is 11.9 Å². The van der Waals surface area contributed by atoms with Gasteiger partial charge in [0.25, 0.3) is 0 Å². The number of aliphatic hydroxyl groups excluding tert-OH is 1. The van der Waals surface area contributed by atoms with Gasteiger partial charge in [-0.3, -0.25) is 4.79 Å². The van der Waals surface area contributed by atoms with Gasteiger partial charge in [0.15, 0.2) is 18.7 Å². The summed E-state index contributed by atoms with van der Waals surface area (Å²) < 4.78 is 51.2. The minimum atomic E-state index is -1.01. The largest absolute Gasteiger partial charge is 0.462 e. The number of carbonyl (C=O) groups is 2. The van der Waals surface area contributed by atoms with Crippen LogP contribution in [0.1, 0.15) is 105 Å². The van der Waals surface area contributed by atoms with E-state index in [4.69, 9.17) is 37.9 Å². The second kappa shape index (κ2) is 20.8. The normalized spacial score (nSPS) is 31.2. The molecule has 1 aromatic rings. The topological polar surface area (TPSA) is 131 Å². The molecule has 1 unspecified atom stereocenters. The van der Waals surface area contributed by atoms with E-state index < -0.39 is 78.1 Å². The van der Waals surface area contributed by atoms with Gasteiger partial charge in [0, 0.05) is 25.5 Å². The molecule has 14 atom stereocenters. The lowest BCUT2D eigenvalue weighted by Gasteiger charge is -2.50. The fourth-order valence-electron chi connectivity index (χ4n) is 8.07. The highest BCUT2D eigenvalue weighted by molar-refractivity contribution is 5.89. The number of likely N-dealkylation sites (N-methyl/N-ethyl adjacent to an activating group) is 1. The van der Waals surface area contributed by atoms with Crippen molar-refractivity contribution in [3.05, 3.63) is 48.6 Å². The van der Waals surface area contributed by atoms with E-state index in [1.165, 1.54) is 0 Å². The molecule has 0 radical (unpaired) electrons. The maximum Gasteiger partial charge on any atom is 0.338 e. The van der Waals surface area contributed by atoms with Gasteiger partial charge in [-0.15, -0.1) is 6.58 Å². The van der Waals surface area contributed by atoms with Crippen LogP contribution >= 0.6 is 0 Å². The van der Waals surface area contributed by atoms with E-state index in [9.17, 15) is 14.7 Å². The van der Waals surface area contributed by atoms with E-state index in [1.807, 2.05) is 73.5 Å². The first kappa shape index (κ1) is 47.0. The zero-order chi connectivity index (χ0) is 41.2. The molecule has 2 fully saturated rings. The molecule has 12 nitrogen and oxygen atoms in total. The lowest BCUT2D eigenvalue weighted by molar-refractivity contribution is -0.319. The molecule has 2 aliphatic rings. The monoisotopic (exact) mass is 778 g/mol. The summed E-state index contributed by atoms with van der Waals surface area (Å²) in [7, 11) is 5.43. The number of esters is 2. The van der Waals surface area contributed by atoms with Gasteiger partial charge in [-0.25, -0.2) is 4.79 Å². The molecule has 2 heterocycles. The molecular weight excluding hydrogens is 706 g/mol. The van der Waals surface area contributed by atoms with Gasteiger partial charge < -0.3 is 47.9 Å². The predicted molar refractivity (Wildman–Crippen MR) is 210 cm³/mol. The predicted octanol–water partition coefficient (Wildman–Crippen LogP) is 6.57. The Balaban J connectivity index is 2.07. The van der Waals surface area contributed by atoms with Crippen LogP contribution in [0.2, 0.25) is 0 Å². The molecule has 0 saturated carbocycles. The van der Waals surface area contributed by atoms with Crippen molar-refractivity contribution >= 4 is 11.9 Å². The van der Waals surface area contributed by atoms with Crippen LogP contribution in [-0.2, 0) is 42.7 Å². The number of benzene rings is 1. The number of methoxy groups -OCH3 is 1. The van der Waals surface area contributed by atoms with E-state index >= 15 is 0 Å². The summed E-state index contributed by atoms with van der Waals surface area (Å²) in [5, 5.41) is 11.6. The summed E-state index contributed by atoms with van der Waals surface area (Å²) in [6.07, 6.45) is -2.59. The molecule has 0 aliphatic carbocycles. The summed E-state index contributed by atoms with van der Waals surface area (Å²) in [5.41, 5.74) is -1.53. The van der Waals surface area contributed by atoms with Crippen molar-refractivity contribution in [2.24, 2.45) is 17.8 Å². The van der Waals surface area contributed by atoms with Crippen LogP contribution in [0.5, 0.6) is 0 Å². The Morgan fingerprint density at radius 1 is 1.09 bits per heavy atom. The summed E-state index contributed by atoms with van der Waals surface area (Å²) in [6, 6.07) is 8.57. The van der Waals surface area contributed by atoms with Gasteiger partial charge in [-0.1, -0.05) is 52.0 Å². The molecule has 0 bridgehead atoms. The van der Waals surface area contributed by atoms with Crippen LogP contribution in [0, 0.1) is 17.8 Å². The Morgan fingerprint density at radius 2 is 1.75 bits per heavy atom. The van der Waals surface area contributed by atoms with Crippen molar-refractivity contribution in [3.63, 3.8) is 0 Å². The van der Waals surface area contributed by atoms with Gasteiger partial charge in [0.2, 0.25) is 0 Å². The Labute approximate surface area is 330 Å². The highest BCUT2D eigenvalue weighted by atomic mass is 16.7. The van der Waals surface area contributed by atoms with Gasteiger partial charge in [0.05, 0.1) is 54.2 Å². The third kappa shape index (κ3) is 12.3. The fraction of sp³-hybridized carbons (Fsp3) is 0.767. The van der Waals surface area contributed by atoms with Crippen molar-refractivity contribution in [1.82, 2.24) is 4.90 Å². The van der Waals surface area contributed by atoms with Crippen LogP contribution in [-0.4, -0.2) is 122 Å². The Kier molecular flexibility index (Phi) is 17.8. The van der Waals surface area contributed by atoms with E-state index in [0.717, 1.165) is 0 Å². The minimum Gasteiger partial charge on any atom is -0.462 e. The lowest BCUT2D eigenvalue weighted by atomic mass is 9.77. The van der Waals surface area contributed by atoms with Gasteiger partial charge in [-0.05, 0) is 93.0 Å². The first-order chi connectivity index (χ1) is 25.8. The highest BCUT2D eigenvalue weighted by Crippen LogP contribution is 2.41. The molecule has 2 aliphatic heterocycles. The summed E-state index contributed by atoms with van der Waals surface area (Å²) >= 11 is 0. The number of carbonyl (C=O) groups excluding carboxylic acids is 2. The van der Waals surface area contributed by atoms with Crippen LogP contribution in [0.4, 0.5) is 0 Å². The Bertz CT molecular complexity index is 1340. The molecule has 314 valence electrons. The molecule has 1 aromatic carbocycles. The number of ether oxygens (including phenoxy) is 8. The number of hydrogen-bond acceptors (Lipinski definition) is 12. The summed E-state index contributed by atoms with van der Waals surface area (Å²) in [6.45, 7) is 23.6. The molecule has 12 heteroatoms. The van der Waals surface area contributed by atoms with E-state index in [0.29, 0.717) is 24.8 Å². The SMILES string of the molecule is C=CCO[C@@](C)(CC(C)C)[C@H](O[C@@H]1O[C@H](C)C[C@H](N(C)C)[C@H]1O)[C@@H](C)[C@H](O[C@H]1C[C@@](C)(OC)[C@@H](OC(=O)c2ccccc2)[C@H](C)O1)[C@@H](C)C(=O)OC(C)CC. The van der Waals surface area contributed by atoms with Crippen molar-refractivity contribution in [2.75, 3.05) is 27.8 Å². The first-order valence-corrected chi connectivity index (χ1v) is 20.0. The average molecular weight is 778 g/mol. The Morgan fingerprint density at radius 3 is 2.31 bits per heavy atom. The quantitative estimate of drug-likeness (QED) is 0.114. The van der Waals surface area contributed by atoms with E-state index in [2.05, 4.69) is 20.4 Å². The smallest absolute Gasteiger partial charge is 0.338 e. The second-order valence-electron chi connectivity index (χ2n) is 16.7. The third-order valence-electron chi connectivity index (χ3n) is 11.2. The molecule has 55 heavy (non-hydrogen) atoms. The first-order valence-electron chi connectivity index (χ1n) is 20.0.